The molecule has 0 radical (unpaired) electrons. The van der Waals surface area contributed by atoms with Crippen LogP contribution in [0.1, 0.15) is 30.9 Å². The van der Waals surface area contributed by atoms with Gasteiger partial charge in [0.15, 0.2) is 0 Å². The Morgan fingerprint density at radius 3 is 2.40 bits per heavy atom. The van der Waals surface area contributed by atoms with Crippen molar-refractivity contribution in [1.29, 1.82) is 0 Å². The van der Waals surface area contributed by atoms with Crippen LogP contribution in [0.5, 0.6) is 0 Å². The summed E-state index contributed by atoms with van der Waals surface area (Å²) in [5, 5.41) is 0. The Labute approximate surface area is 89.6 Å². The Hall–Kier alpha value is -1.35. The first kappa shape index (κ1) is 10.2. The molecule has 0 unspecified atom stereocenters. The van der Waals surface area contributed by atoms with Gasteiger partial charge in [-0.05, 0) is 30.4 Å². The molecule has 3 N–H and O–H groups in total. The standard InChI is InChI=1S/C12H16N2O/c1-2-9-3-5-10(6-4-9)12(7-8-12)11(15)14-13/h3-6H,2,7-8,13H2,1H3,(H,14,15). The SMILES string of the molecule is CCc1ccc(C2(C(=O)NN)CC2)cc1. The van der Waals surface area contributed by atoms with Crippen LogP contribution in [-0.4, -0.2) is 5.91 Å². The lowest BCUT2D eigenvalue weighted by Gasteiger charge is -2.13. The first-order chi connectivity index (χ1) is 7.23. The average molecular weight is 204 g/mol. The molecule has 1 saturated carbocycles. The quantitative estimate of drug-likeness (QED) is 0.442. The molecule has 3 nitrogen and oxygen atoms in total. The minimum Gasteiger partial charge on any atom is -0.293 e. The lowest BCUT2D eigenvalue weighted by molar-refractivity contribution is -0.123. The summed E-state index contributed by atoms with van der Waals surface area (Å²) in [6, 6.07) is 8.25. The van der Waals surface area contributed by atoms with Crippen LogP contribution < -0.4 is 11.3 Å². The maximum atomic E-state index is 11.6. The summed E-state index contributed by atoms with van der Waals surface area (Å²) in [5.74, 6) is 5.13. The van der Waals surface area contributed by atoms with Crippen LogP contribution in [0.4, 0.5) is 0 Å². The monoisotopic (exact) mass is 204 g/mol. The first-order valence-electron chi connectivity index (χ1n) is 5.33. The van der Waals surface area contributed by atoms with Gasteiger partial charge in [0.05, 0.1) is 5.41 Å². The number of benzene rings is 1. The van der Waals surface area contributed by atoms with Crippen molar-refractivity contribution in [2.45, 2.75) is 31.6 Å². The minimum atomic E-state index is -0.332. The van der Waals surface area contributed by atoms with Gasteiger partial charge in [0.25, 0.3) is 0 Å². The van der Waals surface area contributed by atoms with E-state index < -0.39 is 0 Å². The highest BCUT2D eigenvalue weighted by Gasteiger charge is 2.50. The van der Waals surface area contributed by atoms with Gasteiger partial charge in [-0.25, -0.2) is 5.84 Å². The highest BCUT2D eigenvalue weighted by atomic mass is 16.2. The molecule has 0 saturated heterocycles. The molecule has 1 aromatic rings. The van der Waals surface area contributed by atoms with E-state index in [4.69, 9.17) is 5.84 Å². The predicted molar refractivity (Wildman–Crippen MR) is 59.1 cm³/mol. The number of carbonyl (C=O) groups is 1. The van der Waals surface area contributed by atoms with Crippen molar-refractivity contribution in [2.24, 2.45) is 5.84 Å². The molecular weight excluding hydrogens is 188 g/mol. The number of hydrogen-bond donors (Lipinski definition) is 2. The lowest BCUT2D eigenvalue weighted by Crippen LogP contribution is -2.39. The molecule has 2 rings (SSSR count). The molecule has 1 aliphatic rings. The van der Waals surface area contributed by atoms with Crippen LogP contribution in [0, 0.1) is 0 Å². The molecule has 0 aromatic heterocycles. The fourth-order valence-electron chi connectivity index (χ4n) is 1.97. The van der Waals surface area contributed by atoms with Crippen LogP contribution in [0.3, 0.4) is 0 Å². The zero-order chi connectivity index (χ0) is 10.9. The Kier molecular flexibility index (Phi) is 2.49. The molecule has 0 aliphatic heterocycles. The summed E-state index contributed by atoms with van der Waals surface area (Å²) in [6.45, 7) is 2.12. The van der Waals surface area contributed by atoms with Gasteiger partial charge >= 0.3 is 0 Å². The number of hydrazine groups is 1. The molecule has 1 fully saturated rings. The summed E-state index contributed by atoms with van der Waals surface area (Å²) >= 11 is 0. The van der Waals surface area contributed by atoms with E-state index in [2.05, 4.69) is 24.5 Å². The van der Waals surface area contributed by atoms with E-state index in [-0.39, 0.29) is 11.3 Å². The number of nitrogens with two attached hydrogens (primary N) is 1. The molecule has 0 heterocycles. The van der Waals surface area contributed by atoms with Crippen LogP contribution in [0.15, 0.2) is 24.3 Å². The van der Waals surface area contributed by atoms with Gasteiger partial charge in [-0.1, -0.05) is 31.2 Å². The average Bonchev–Trinajstić information content (AvgIpc) is 3.09. The summed E-state index contributed by atoms with van der Waals surface area (Å²) in [7, 11) is 0. The largest absolute Gasteiger partial charge is 0.293 e. The van der Waals surface area contributed by atoms with Crippen LogP contribution >= 0.6 is 0 Å². The zero-order valence-corrected chi connectivity index (χ0v) is 8.92. The minimum absolute atomic E-state index is 0.0632. The number of hydrogen-bond acceptors (Lipinski definition) is 2. The number of amides is 1. The van der Waals surface area contributed by atoms with E-state index in [0.29, 0.717) is 0 Å². The van der Waals surface area contributed by atoms with Gasteiger partial charge in [0, 0.05) is 0 Å². The Balaban J connectivity index is 2.26. The molecule has 0 bridgehead atoms. The van der Waals surface area contributed by atoms with E-state index in [0.717, 1.165) is 24.8 Å². The van der Waals surface area contributed by atoms with Crippen molar-refractivity contribution in [3.8, 4) is 0 Å². The second-order valence-electron chi connectivity index (χ2n) is 4.11. The van der Waals surface area contributed by atoms with E-state index in [1.54, 1.807) is 0 Å². The van der Waals surface area contributed by atoms with Gasteiger partial charge in [0.2, 0.25) is 5.91 Å². The Morgan fingerprint density at radius 1 is 1.40 bits per heavy atom. The molecular formula is C12H16N2O. The molecule has 80 valence electrons. The Morgan fingerprint density at radius 2 is 2.00 bits per heavy atom. The summed E-state index contributed by atoms with van der Waals surface area (Å²) in [6.07, 6.45) is 2.83. The molecule has 1 amide bonds. The van der Waals surface area contributed by atoms with Crippen molar-refractivity contribution >= 4 is 5.91 Å². The van der Waals surface area contributed by atoms with Crippen LogP contribution in [-0.2, 0) is 16.6 Å². The van der Waals surface area contributed by atoms with Crippen molar-refractivity contribution in [1.82, 2.24) is 5.43 Å². The zero-order valence-electron chi connectivity index (χ0n) is 8.92. The summed E-state index contributed by atoms with van der Waals surface area (Å²) in [5.41, 5.74) is 4.30. The van der Waals surface area contributed by atoms with Gasteiger partial charge < -0.3 is 0 Å². The molecule has 0 atom stereocenters. The maximum absolute atomic E-state index is 11.6. The third-order valence-electron chi connectivity index (χ3n) is 3.23. The van der Waals surface area contributed by atoms with Gasteiger partial charge in [-0.2, -0.15) is 0 Å². The lowest BCUT2D eigenvalue weighted by atomic mass is 9.94. The van der Waals surface area contributed by atoms with E-state index >= 15 is 0 Å². The third kappa shape index (κ3) is 1.63. The van der Waals surface area contributed by atoms with E-state index in [9.17, 15) is 4.79 Å². The normalized spacial score (nSPS) is 17.2. The van der Waals surface area contributed by atoms with Crippen molar-refractivity contribution < 1.29 is 4.79 Å². The number of carbonyl (C=O) groups excluding carboxylic acids is 1. The highest BCUT2D eigenvalue weighted by molar-refractivity contribution is 5.90. The van der Waals surface area contributed by atoms with Crippen molar-refractivity contribution in [3.05, 3.63) is 35.4 Å². The molecule has 1 aromatic carbocycles. The van der Waals surface area contributed by atoms with Crippen molar-refractivity contribution in [2.75, 3.05) is 0 Å². The topological polar surface area (TPSA) is 55.1 Å². The fourth-order valence-corrected chi connectivity index (χ4v) is 1.97. The third-order valence-corrected chi connectivity index (χ3v) is 3.23. The first-order valence-corrected chi connectivity index (χ1v) is 5.33. The molecule has 3 heteroatoms. The fraction of sp³-hybridized carbons (Fsp3) is 0.417. The number of aryl methyl sites for hydroxylation is 1. The maximum Gasteiger partial charge on any atom is 0.244 e. The van der Waals surface area contributed by atoms with Crippen LogP contribution in [0.25, 0.3) is 0 Å². The van der Waals surface area contributed by atoms with Crippen molar-refractivity contribution in [3.63, 3.8) is 0 Å². The second kappa shape index (κ2) is 3.66. The predicted octanol–water partition coefficient (Wildman–Crippen LogP) is 1.27. The summed E-state index contributed by atoms with van der Waals surface area (Å²) < 4.78 is 0. The van der Waals surface area contributed by atoms with Crippen LogP contribution in [0.2, 0.25) is 0 Å². The molecule has 0 spiro atoms. The van der Waals surface area contributed by atoms with Gasteiger partial charge in [-0.3, -0.25) is 10.2 Å². The van der Waals surface area contributed by atoms with Gasteiger partial charge in [0.1, 0.15) is 0 Å². The number of rotatable bonds is 3. The Bertz CT molecular complexity index is 366. The molecule has 15 heavy (non-hydrogen) atoms. The smallest absolute Gasteiger partial charge is 0.244 e. The number of nitrogens with one attached hydrogen (secondary N) is 1. The summed E-state index contributed by atoms with van der Waals surface area (Å²) in [4.78, 5) is 11.6. The molecule has 1 aliphatic carbocycles. The second-order valence-corrected chi connectivity index (χ2v) is 4.11. The van der Waals surface area contributed by atoms with E-state index in [1.165, 1.54) is 5.56 Å². The van der Waals surface area contributed by atoms with Gasteiger partial charge in [-0.15, -0.1) is 0 Å². The highest BCUT2D eigenvalue weighted by Crippen LogP contribution is 2.48. The van der Waals surface area contributed by atoms with E-state index in [1.807, 2.05) is 12.1 Å².